The van der Waals surface area contributed by atoms with E-state index >= 15 is 0 Å². The van der Waals surface area contributed by atoms with Gasteiger partial charge in [0.15, 0.2) is 0 Å². The van der Waals surface area contributed by atoms with Crippen molar-refractivity contribution in [2.24, 2.45) is 7.05 Å². The van der Waals surface area contributed by atoms with Gasteiger partial charge in [-0.05, 0) is 38.1 Å². The molecule has 0 saturated carbocycles. The van der Waals surface area contributed by atoms with E-state index in [0.717, 1.165) is 0 Å². The molecule has 7 nitrogen and oxygen atoms in total. The number of fused-ring (bicyclic) bond motifs is 5. The van der Waals surface area contributed by atoms with Crippen LogP contribution >= 0.6 is 11.6 Å². The highest BCUT2D eigenvalue weighted by Crippen LogP contribution is 2.40. The molecule has 0 aliphatic carbocycles. The molecule has 0 N–H and O–H groups in total. The molecule has 1 fully saturated rings. The molecular weight excluding hydrogens is 445 g/mol. The van der Waals surface area contributed by atoms with Crippen LogP contribution in [0.25, 0.3) is 11.0 Å². The molecule has 1 saturated heterocycles. The van der Waals surface area contributed by atoms with Crippen LogP contribution in [0, 0.1) is 17.1 Å². The minimum atomic E-state index is -0.322. The number of piperazine rings is 1. The summed E-state index contributed by atoms with van der Waals surface area (Å²) in [5.74, 6) is -0.0566. The van der Waals surface area contributed by atoms with Gasteiger partial charge in [0.1, 0.15) is 35.4 Å². The van der Waals surface area contributed by atoms with E-state index in [2.05, 4.69) is 27.8 Å². The Morgan fingerprint density at radius 2 is 2.09 bits per heavy atom. The summed E-state index contributed by atoms with van der Waals surface area (Å²) in [6, 6.07) is 10.1. The fourth-order valence-electron chi connectivity index (χ4n) is 5.04. The summed E-state index contributed by atoms with van der Waals surface area (Å²) in [6.07, 6.45) is 0. The van der Waals surface area contributed by atoms with E-state index in [0.29, 0.717) is 47.0 Å². The van der Waals surface area contributed by atoms with Gasteiger partial charge < -0.3 is 14.2 Å². The first-order chi connectivity index (χ1) is 15.8. The number of halogens is 2. The third kappa shape index (κ3) is 3.43. The van der Waals surface area contributed by atoms with E-state index in [1.165, 1.54) is 10.6 Å². The second-order valence-corrected chi connectivity index (χ2v) is 9.16. The predicted octanol–water partition coefficient (Wildman–Crippen LogP) is 3.63. The second-order valence-electron chi connectivity index (χ2n) is 8.72. The van der Waals surface area contributed by atoms with Gasteiger partial charge in [0.25, 0.3) is 5.56 Å². The van der Waals surface area contributed by atoms with Gasteiger partial charge in [-0.25, -0.2) is 9.37 Å². The Morgan fingerprint density at radius 1 is 1.30 bits per heavy atom. The Labute approximate surface area is 195 Å². The largest absolute Gasteiger partial charge is 0.484 e. The van der Waals surface area contributed by atoms with Crippen molar-refractivity contribution in [1.29, 1.82) is 5.26 Å². The first-order valence-electron chi connectivity index (χ1n) is 10.8. The Bertz CT molecular complexity index is 1370. The maximum absolute atomic E-state index is 14.6. The third-order valence-corrected chi connectivity index (χ3v) is 7.03. The lowest BCUT2D eigenvalue weighted by Crippen LogP contribution is -2.61. The molecular formula is C24H23ClFN5O2. The molecule has 2 aliphatic rings. The van der Waals surface area contributed by atoms with Crippen molar-refractivity contribution in [3.63, 3.8) is 0 Å². The van der Waals surface area contributed by atoms with E-state index in [1.807, 2.05) is 6.92 Å². The van der Waals surface area contributed by atoms with Gasteiger partial charge in [-0.1, -0.05) is 17.7 Å². The third-order valence-electron chi connectivity index (χ3n) is 6.79. The fraction of sp³-hybridized carbons (Fsp3) is 0.375. The van der Waals surface area contributed by atoms with Crippen LogP contribution in [-0.4, -0.2) is 46.2 Å². The van der Waals surface area contributed by atoms with Crippen LogP contribution in [0.4, 0.5) is 10.1 Å². The van der Waals surface area contributed by atoms with Crippen LogP contribution in [0.5, 0.6) is 5.75 Å². The molecule has 0 bridgehead atoms. The van der Waals surface area contributed by atoms with Crippen LogP contribution in [0.3, 0.4) is 0 Å². The average molecular weight is 468 g/mol. The molecule has 3 atom stereocenters. The maximum atomic E-state index is 14.6. The lowest BCUT2D eigenvalue weighted by molar-refractivity contribution is 0.0902. The molecule has 1 aromatic carbocycles. The van der Waals surface area contributed by atoms with Gasteiger partial charge in [-0.2, -0.15) is 5.26 Å². The number of anilines is 1. The van der Waals surface area contributed by atoms with Crippen LogP contribution in [0.1, 0.15) is 31.1 Å². The summed E-state index contributed by atoms with van der Waals surface area (Å²) in [6.45, 7) is 5.65. The molecule has 0 unspecified atom stereocenters. The van der Waals surface area contributed by atoms with Crippen molar-refractivity contribution < 1.29 is 9.13 Å². The van der Waals surface area contributed by atoms with Gasteiger partial charge in [0, 0.05) is 42.8 Å². The molecule has 2 aromatic heterocycles. The first kappa shape index (κ1) is 21.7. The highest BCUT2D eigenvalue weighted by atomic mass is 35.5. The number of nitrogens with zero attached hydrogens (tertiary/aromatic N) is 5. The van der Waals surface area contributed by atoms with Crippen LogP contribution < -0.4 is 15.2 Å². The SMILES string of the molecule is C[C@@H]1CN2c3c(c(=O)n(C)c4ccc(C#N)nc34)OC[C@@H]2CN1[C@@H](C)c1ccc(Cl)cc1F. The first-order valence-corrected chi connectivity index (χ1v) is 11.2. The van der Waals surface area contributed by atoms with Crippen molar-refractivity contribution in [3.8, 4) is 11.8 Å². The molecule has 5 rings (SSSR count). The zero-order chi connectivity index (χ0) is 23.4. The number of hydrogen-bond acceptors (Lipinski definition) is 6. The number of hydrogen-bond donors (Lipinski definition) is 0. The Balaban J connectivity index is 1.55. The summed E-state index contributed by atoms with van der Waals surface area (Å²) in [5.41, 5.74) is 2.51. The van der Waals surface area contributed by atoms with E-state index in [9.17, 15) is 14.4 Å². The second kappa shape index (κ2) is 8.01. The van der Waals surface area contributed by atoms with Gasteiger partial charge in [-0.3, -0.25) is 9.69 Å². The number of pyridine rings is 2. The molecule has 9 heteroatoms. The van der Waals surface area contributed by atoms with Crippen molar-refractivity contribution >= 4 is 28.3 Å². The maximum Gasteiger partial charge on any atom is 0.295 e. The quantitative estimate of drug-likeness (QED) is 0.573. The van der Waals surface area contributed by atoms with Gasteiger partial charge in [0.2, 0.25) is 5.75 Å². The van der Waals surface area contributed by atoms with E-state index in [-0.39, 0.29) is 40.9 Å². The number of aryl methyl sites for hydroxylation is 1. The number of rotatable bonds is 2. The Hall–Kier alpha value is -3.15. The standard InChI is InChI=1S/C24H23ClFN5O2/c1-13-10-31-17(11-30(13)14(2)18-6-4-15(25)8-19(18)26)12-33-23-22(31)21-20(29(3)24(23)32)7-5-16(9-27)28-21/h4-8,13-14,17H,10-12H2,1-3H3/t13-,14+,17+/m1/s1. The van der Waals surface area contributed by atoms with Crippen molar-refractivity contribution in [2.45, 2.75) is 32.0 Å². The molecule has 2 aliphatic heterocycles. The number of nitriles is 1. The van der Waals surface area contributed by atoms with Crippen molar-refractivity contribution in [1.82, 2.24) is 14.5 Å². The van der Waals surface area contributed by atoms with E-state index in [1.54, 1.807) is 31.3 Å². The molecule has 0 spiro atoms. The average Bonchev–Trinajstić information content (AvgIpc) is 2.80. The molecule has 3 aromatic rings. The zero-order valence-electron chi connectivity index (χ0n) is 18.5. The molecule has 33 heavy (non-hydrogen) atoms. The van der Waals surface area contributed by atoms with Crippen LogP contribution in [-0.2, 0) is 7.05 Å². The lowest BCUT2D eigenvalue weighted by atomic mass is 9.98. The number of benzene rings is 1. The highest BCUT2D eigenvalue weighted by Gasteiger charge is 2.41. The van der Waals surface area contributed by atoms with Crippen LogP contribution in [0.2, 0.25) is 5.02 Å². The van der Waals surface area contributed by atoms with Gasteiger partial charge >= 0.3 is 0 Å². The van der Waals surface area contributed by atoms with Gasteiger partial charge in [0.05, 0.1) is 11.6 Å². The van der Waals surface area contributed by atoms with E-state index in [4.69, 9.17) is 16.3 Å². The minimum absolute atomic E-state index is 0.0469. The normalized spacial score (nSPS) is 21.2. The molecule has 170 valence electrons. The molecule has 0 amide bonds. The lowest BCUT2D eigenvalue weighted by Gasteiger charge is -2.50. The predicted molar refractivity (Wildman–Crippen MR) is 124 cm³/mol. The van der Waals surface area contributed by atoms with E-state index < -0.39 is 0 Å². The summed E-state index contributed by atoms with van der Waals surface area (Å²) in [5, 5.41) is 9.74. The zero-order valence-corrected chi connectivity index (χ0v) is 19.3. The highest BCUT2D eigenvalue weighted by molar-refractivity contribution is 6.30. The summed E-state index contributed by atoms with van der Waals surface area (Å²) < 4.78 is 22.1. The minimum Gasteiger partial charge on any atom is -0.484 e. The smallest absolute Gasteiger partial charge is 0.295 e. The fourth-order valence-corrected chi connectivity index (χ4v) is 5.20. The van der Waals surface area contributed by atoms with Crippen molar-refractivity contribution in [3.05, 3.63) is 62.8 Å². The van der Waals surface area contributed by atoms with Crippen molar-refractivity contribution in [2.75, 3.05) is 24.6 Å². The summed E-state index contributed by atoms with van der Waals surface area (Å²) >= 11 is 5.94. The summed E-state index contributed by atoms with van der Waals surface area (Å²) in [7, 11) is 1.68. The Morgan fingerprint density at radius 3 is 2.82 bits per heavy atom. The number of ether oxygens (including phenoxy) is 1. The number of aromatic nitrogens is 2. The topological polar surface area (TPSA) is 74.4 Å². The monoisotopic (exact) mass is 467 g/mol. The summed E-state index contributed by atoms with van der Waals surface area (Å²) in [4.78, 5) is 22.0. The van der Waals surface area contributed by atoms with Crippen LogP contribution in [0.15, 0.2) is 35.1 Å². The molecule has 4 heterocycles. The molecule has 0 radical (unpaired) electrons. The Kier molecular flexibility index (Phi) is 5.26. The van der Waals surface area contributed by atoms with Gasteiger partial charge in [-0.15, -0.1) is 0 Å².